The van der Waals surface area contributed by atoms with E-state index in [0.29, 0.717) is 4.47 Å². The topological polar surface area (TPSA) is 80.4 Å². The third-order valence-electron chi connectivity index (χ3n) is 1.88. The standard InChI is InChI=1S/C9H12BrNO3S/c10-7-2-3-8(11)9(6-7)15(13,14)5-1-4-12/h2-3,6,12H,1,4-5,11H2. The Morgan fingerprint density at radius 2 is 2.07 bits per heavy atom. The molecule has 4 nitrogen and oxygen atoms in total. The van der Waals surface area contributed by atoms with Crippen molar-refractivity contribution in [3.63, 3.8) is 0 Å². The van der Waals surface area contributed by atoms with Crippen molar-refractivity contribution >= 4 is 31.5 Å². The monoisotopic (exact) mass is 293 g/mol. The first kappa shape index (κ1) is 12.5. The van der Waals surface area contributed by atoms with Crippen LogP contribution in [-0.4, -0.2) is 25.9 Å². The number of rotatable bonds is 4. The van der Waals surface area contributed by atoms with Crippen LogP contribution in [0.25, 0.3) is 0 Å². The minimum absolute atomic E-state index is 0.0931. The number of nitrogens with two attached hydrogens (primary N) is 1. The van der Waals surface area contributed by atoms with Gasteiger partial charge in [-0.1, -0.05) is 15.9 Å². The Bertz CT molecular complexity index is 445. The Morgan fingerprint density at radius 3 is 2.67 bits per heavy atom. The van der Waals surface area contributed by atoms with Gasteiger partial charge in [0, 0.05) is 11.1 Å². The number of hydrogen-bond acceptors (Lipinski definition) is 4. The van der Waals surface area contributed by atoms with E-state index in [1.807, 2.05) is 0 Å². The van der Waals surface area contributed by atoms with Gasteiger partial charge in [0.1, 0.15) is 0 Å². The highest BCUT2D eigenvalue weighted by Crippen LogP contribution is 2.24. The van der Waals surface area contributed by atoms with Crippen LogP contribution >= 0.6 is 15.9 Å². The zero-order valence-corrected chi connectivity index (χ0v) is 10.4. The molecule has 0 heterocycles. The summed E-state index contributed by atoms with van der Waals surface area (Å²) in [5.74, 6) is -0.0931. The lowest BCUT2D eigenvalue weighted by Crippen LogP contribution is -2.10. The third-order valence-corrected chi connectivity index (χ3v) is 4.22. The number of sulfone groups is 1. The van der Waals surface area contributed by atoms with E-state index < -0.39 is 9.84 Å². The van der Waals surface area contributed by atoms with Crippen LogP contribution < -0.4 is 5.73 Å². The normalized spacial score (nSPS) is 11.6. The Balaban J connectivity index is 3.09. The Hall–Kier alpha value is -0.590. The van der Waals surface area contributed by atoms with Gasteiger partial charge in [0.05, 0.1) is 16.3 Å². The van der Waals surface area contributed by atoms with E-state index in [2.05, 4.69) is 15.9 Å². The van der Waals surface area contributed by atoms with Crippen molar-refractivity contribution < 1.29 is 13.5 Å². The van der Waals surface area contributed by atoms with Gasteiger partial charge in [0.25, 0.3) is 0 Å². The SMILES string of the molecule is Nc1ccc(Br)cc1S(=O)(=O)CCCO. The molecule has 0 aliphatic carbocycles. The van der Waals surface area contributed by atoms with E-state index in [9.17, 15) is 8.42 Å². The summed E-state index contributed by atoms with van der Waals surface area (Å²) in [6.45, 7) is -0.146. The van der Waals surface area contributed by atoms with Crippen molar-refractivity contribution in [2.45, 2.75) is 11.3 Å². The van der Waals surface area contributed by atoms with Gasteiger partial charge in [-0.2, -0.15) is 0 Å². The number of nitrogen functional groups attached to an aromatic ring is 1. The van der Waals surface area contributed by atoms with Gasteiger partial charge < -0.3 is 10.8 Å². The van der Waals surface area contributed by atoms with E-state index in [1.165, 1.54) is 12.1 Å². The number of hydrogen-bond donors (Lipinski definition) is 2. The number of halogens is 1. The van der Waals surface area contributed by atoms with Gasteiger partial charge >= 0.3 is 0 Å². The maximum absolute atomic E-state index is 11.8. The summed E-state index contributed by atoms with van der Waals surface area (Å²) in [7, 11) is -3.39. The second-order valence-electron chi connectivity index (χ2n) is 3.08. The number of benzene rings is 1. The molecule has 0 aliphatic heterocycles. The summed E-state index contributed by atoms with van der Waals surface area (Å²) in [4.78, 5) is 0.116. The third kappa shape index (κ3) is 3.19. The Labute approximate surface area is 97.2 Å². The maximum Gasteiger partial charge on any atom is 0.180 e. The fraction of sp³-hybridized carbons (Fsp3) is 0.333. The molecule has 0 amide bonds. The molecule has 6 heteroatoms. The second kappa shape index (κ2) is 4.96. The summed E-state index contributed by atoms with van der Waals surface area (Å²) in [5.41, 5.74) is 5.82. The number of aliphatic hydroxyl groups is 1. The molecule has 1 rings (SSSR count). The van der Waals surface area contributed by atoms with Crippen LogP contribution in [0.4, 0.5) is 5.69 Å². The van der Waals surface area contributed by atoms with Gasteiger partial charge in [-0.05, 0) is 24.6 Å². The van der Waals surface area contributed by atoms with Crippen molar-refractivity contribution in [3.8, 4) is 0 Å². The van der Waals surface area contributed by atoms with Crippen LogP contribution in [0.2, 0.25) is 0 Å². The average molecular weight is 294 g/mol. The Morgan fingerprint density at radius 1 is 1.40 bits per heavy atom. The van der Waals surface area contributed by atoms with Crippen LogP contribution in [0.15, 0.2) is 27.6 Å². The van der Waals surface area contributed by atoms with Crippen LogP contribution in [-0.2, 0) is 9.84 Å². The first-order valence-electron chi connectivity index (χ1n) is 4.36. The molecular formula is C9H12BrNO3S. The highest BCUT2D eigenvalue weighted by molar-refractivity contribution is 9.10. The molecule has 1 aromatic rings. The molecule has 0 saturated heterocycles. The van der Waals surface area contributed by atoms with Crippen molar-refractivity contribution in [3.05, 3.63) is 22.7 Å². The molecular weight excluding hydrogens is 282 g/mol. The van der Waals surface area contributed by atoms with E-state index >= 15 is 0 Å². The maximum atomic E-state index is 11.8. The average Bonchev–Trinajstić information content (AvgIpc) is 2.18. The molecule has 0 aliphatic rings. The second-order valence-corrected chi connectivity index (χ2v) is 6.07. The lowest BCUT2D eigenvalue weighted by molar-refractivity contribution is 0.295. The van der Waals surface area contributed by atoms with Gasteiger partial charge in [-0.25, -0.2) is 8.42 Å². The molecule has 0 radical (unpaired) electrons. The predicted molar refractivity (Wildman–Crippen MR) is 62.3 cm³/mol. The van der Waals surface area contributed by atoms with E-state index in [4.69, 9.17) is 10.8 Å². The minimum atomic E-state index is -3.39. The van der Waals surface area contributed by atoms with Crippen LogP contribution in [0, 0.1) is 0 Å². The molecule has 1 aromatic carbocycles. The van der Waals surface area contributed by atoms with E-state index in [-0.39, 0.29) is 29.4 Å². The highest BCUT2D eigenvalue weighted by Gasteiger charge is 2.17. The summed E-state index contributed by atoms with van der Waals surface area (Å²) in [6, 6.07) is 4.69. The van der Waals surface area contributed by atoms with Gasteiger partial charge in [0.2, 0.25) is 0 Å². The lowest BCUT2D eigenvalue weighted by Gasteiger charge is -2.07. The molecule has 0 aromatic heterocycles. The first-order chi connectivity index (χ1) is 6.97. The zero-order chi connectivity index (χ0) is 11.5. The zero-order valence-electron chi connectivity index (χ0n) is 7.98. The molecule has 84 valence electrons. The fourth-order valence-corrected chi connectivity index (χ4v) is 3.12. The summed E-state index contributed by atoms with van der Waals surface area (Å²) < 4.78 is 24.2. The molecule has 0 atom stereocenters. The van der Waals surface area contributed by atoms with Gasteiger partial charge in [-0.3, -0.25) is 0 Å². The number of anilines is 1. The summed E-state index contributed by atoms with van der Waals surface area (Å²) in [5, 5.41) is 8.60. The highest BCUT2D eigenvalue weighted by atomic mass is 79.9. The number of aliphatic hydroxyl groups excluding tert-OH is 1. The van der Waals surface area contributed by atoms with Crippen LogP contribution in [0.1, 0.15) is 6.42 Å². The van der Waals surface area contributed by atoms with Crippen LogP contribution in [0.5, 0.6) is 0 Å². The van der Waals surface area contributed by atoms with Gasteiger partial charge in [-0.15, -0.1) is 0 Å². The lowest BCUT2D eigenvalue weighted by atomic mass is 10.3. The van der Waals surface area contributed by atoms with E-state index in [1.54, 1.807) is 6.07 Å². The van der Waals surface area contributed by atoms with Crippen molar-refractivity contribution in [1.29, 1.82) is 0 Å². The molecule has 0 unspecified atom stereocenters. The summed E-state index contributed by atoms with van der Waals surface area (Å²) >= 11 is 3.19. The summed E-state index contributed by atoms with van der Waals surface area (Å²) in [6.07, 6.45) is 0.217. The molecule has 0 bridgehead atoms. The fourth-order valence-electron chi connectivity index (χ4n) is 1.14. The van der Waals surface area contributed by atoms with Crippen molar-refractivity contribution in [2.75, 3.05) is 18.1 Å². The quantitative estimate of drug-likeness (QED) is 0.817. The largest absolute Gasteiger partial charge is 0.398 e. The first-order valence-corrected chi connectivity index (χ1v) is 6.80. The van der Waals surface area contributed by atoms with Crippen LogP contribution in [0.3, 0.4) is 0 Å². The minimum Gasteiger partial charge on any atom is -0.398 e. The molecule has 15 heavy (non-hydrogen) atoms. The molecule has 3 N–H and O–H groups in total. The smallest absolute Gasteiger partial charge is 0.180 e. The van der Waals surface area contributed by atoms with Gasteiger partial charge in [0.15, 0.2) is 9.84 Å². The molecule has 0 spiro atoms. The molecule has 0 saturated carbocycles. The Kier molecular flexibility index (Phi) is 4.12. The molecule has 0 fully saturated rings. The predicted octanol–water partition coefficient (Wildman–Crippen LogP) is 1.19. The van der Waals surface area contributed by atoms with Crippen molar-refractivity contribution in [2.24, 2.45) is 0 Å². The van der Waals surface area contributed by atoms with E-state index in [0.717, 1.165) is 0 Å². The van der Waals surface area contributed by atoms with Crippen molar-refractivity contribution in [1.82, 2.24) is 0 Å².